The minimum atomic E-state index is -0.0766. The molecule has 1 aliphatic rings. The van der Waals surface area contributed by atoms with Crippen LogP contribution in [0.3, 0.4) is 0 Å². The predicted octanol–water partition coefficient (Wildman–Crippen LogP) is 2.88. The van der Waals surface area contributed by atoms with Crippen LogP contribution in [0.15, 0.2) is 24.3 Å². The molecule has 5 heteroatoms. The highest BCUT2D eigenvalue weighted by atomic mass is 16.5. The molecule has 1 saturated heterocycles. The molecular weight excluding hydrogens is 314 g/mol. The van der Waals surface area contributed by atoms with Crippen molar-refractivity contribution in [3.8, 4) is 11.8 Å². The van der Waals surface area contributed by atoms with Crippen LogP contribution in [0, 0.1) is 17.2 Å². The lowest BCUT2D eigenvalue weighted by atomic mass is 10.0. The minimum Gasteiger partial charge on any atom is -0.484 e. The van der Waals surface area contributed by atoms with Crippen LogP contribution in [0.2, 0.25) is 0 Å². The zero-order chi connectivity index (χ0) is 18.4. The standard InChI is InChI=1S/C20H29N3O2/c1-15(2)17-6-5-7-18(12-17)25-14-20(24)23-10-8-22(9-11-23)19(13-21)16(3)4/h5-7,12,15-16,19H,8-11,14H2,1-4H3. The maximum Gasteiger partial charge on any atom is 0.260 e. The van der Waals surface area contributed by atoms with Crippen LogP contribution in [0.4, 0.5) is 0 Å². The van der Waals surface area contributed by atoms with E-state index in [2.05, 4.69) is 44.7 Å². The second-order valence-corrected chi connectivity index (χ2v) is 7.25. The number of hydrogen-bond acceptors (Lipinski definition) is 4. The smallest absolute Gasteiger partial charge is 0.260 e. The summed E-state index contributed by atoms with van der Waals surface area (Å²) in [6.07, 6.45) is 0. The number of hydrogen-bond donors (Lipinski definition) is 0. The minimum absolute atomic E-state index is 0.00709. The Morgan fingerprint density at radius 1 is 1.20 bits per heavy atom. The second-order valence-electron chi connectivity index (χ2n) is 7.25. The monoisotopic (exact) mass is 343 g/mol. The molecule has 1 aromatic rings. The summed E-state index contributed by atoms with van der Waals surface area (Å²) in [7, 11) is 0. The largest absolute Gasteiger partial charge is 0.484 e. The van der Waals surface area contributed by atoms with Crippen LogP contribution in [-0.4, -0.2) is 54.5 Å². The van der Waals surface area contributed by atoms with E-state index in [1.54, 1.807) is 0 Å². The molecule has 25 heavy (non-hydrogen) atoms. The lowest BCUT2D eigenvalue weighted by molar-refractivity contribution is -0.135. The topological polar surface area (TPSA) is 56.6 Å². The maximum absolute atomic E-state index is 12.4. The quantitative estimate of drug-likeness (QED) is 0.797. The fourth-order valence-electron chi connectivity index (χ4n) is 3.10. The van der Waals surface area contributed by atoms with Crippen LogP contribution in [-0.2, 0) is 4.79 Å². The fraction of sp³-hybridized carbons (Fsp3) is 0.600. The van der Waals surface area contributed by atoms with Gasteiger partial charge in [0.2, 0.25) is 0 Å². The lowest BCUT2D eigenvalue weighted by Crippen LogP contribution is -2.53. The average Bonchev–Trinajstić information content (AvgIpc) is 2.61. The van der Waals surface area contributed by atoms with Gasteiger partial charge in [0.1, 0.15) is 11.8 Å². The number of piperazine rings is 1. The van der Waals surface area contributed by atoms with E-state index in [-0.39, 0.29) is 18.6 Å². The Morgan fingerprint density at radius 3 is 2.44 bits per heavy atom. The number of carbonyl (C=O) groups excluding carboxylic acids is 1. The first-order valence-electron chi connectivity index (χ1n) is 9.06. The van der Waals surface area contributed by atoms with E-state index >= 15 is 0 Å². The number of nitrogens with zero attached hydrogens (tertiary/aromatic N) is 3. The molecule has 0 bridgehead atoms. The van der Waals surface area contributed by atoms with Gasteiger partial charge in [0.25, 0.3) is 5.91 Å². The van der Waals surface area contributed by atoms with Gasteiger partial charge in [-0.3, -0.25) is 9.69 Å². The number of carbonyl (C=O) groups is 1. The summed E-state index contributed by atoms with van der Waals surface area (Å²) in [6, 6.07) is 10.2. The summed E-state index contributed by atoms with van der Waals surface area (Å²) in [5.41, 5.74) is 1.20. The number of ether oxygens (including phenoxy) is 1. The van der Waals surface area contributed by atoms with Gasteiger partial charge in [-0.1, -0.05) is 39.8 Å². The van der Waals surface area contributed by atoms with E-state index < -0.39 is 0 Å². The molecule has 0 aliphatic carbocycles. The Hall–Kier alpha value is -2.06. The third-order valence-electron chi connectivity index (χ3n) is 4.71. The molecule has 0 saturated carbocycles. The van der Waals surface area contributed by atoms with E-state index in [1.807, 2.05) is 23.1 Å². The number of nitriles is 1. The zero-order valence-corrected chi connectivity index (χ0v) is 15.7. The molecule has 1 atom stereocenters. The van der Waals surface area contributed by atoms with Crippen molar-refractivity contribution in [1.29, 1.82) is 5.26 Å². The molecular formula is C20H29N3O2. The van der Waals surface area contributed by atoms with Gasteiger partial charge in [-0.15, -0.1) is 0 Å². The van der Waals surface area contributed by atoms with Crippen molar-refractivity contribution in [3.05, 3.63) is 29.8 Å². The number of amides is 1. The lowest BCUT2D eigenvalue weighted by Gasteiger charge is -2.38. The van der Waals surface area contributed by atoms with Crippen LogP contribution < -0.4 is 4.74 Å². The Kier molecular flexibility index (Phi) is 6.83. The van der Waals surface area contributed by atoms with Crippen molar-refractivity contribution >= 4 is 5.91 Å². The van der Waals surface area contributed by atoms with Crippen molar-refractivity contribution in [1.82, 2.24) is 9.80 Å². The van der Waals surface area contributed by atoms with Crippen molar-refractivity contribution < 1.29 is 9.53 Å². The summed E-state index contributed by atoms with van der Waals surface area (Å²) >= 11 is 0. The van der Waals surface area contributed by atoms with E-state index in [0.29, 0.717) is 24.9 Å². The Balaban J connectivity index is 1.83. The van der Waals surface area contributed by atoms with Gasteiger partial charge in [-0.25, -0.2) is 0 Å². The SMILES string of the molecule is CC(C)c1cccc(OCC(=O)N2CCN(C(C#N)C(C)C)CC2)c1. The van der Waals surface area contributed by atoms with E-state index in [9.17, 15) is 10.1 Å². The molecule has 0 spiro atoms. The van der Waals surface area contributed by atoms with Gasteiger partial charge < -0.3 is 9.64 Å². The molecule has 1 unspecified atom stereocenters. The van der Waals surface area contributed by atoms with Crippen molar-refractivity contribution in [2.45, 2.75) is 39.7 Å². The molecule has 2 rings (SSSR count). The summed E-state index contributed by atoms with van der Waals surface area (Å²) in [5.74, 6) is 1.47. The van der Waals surface area contributed by atoms with Crippen LogP contribution in [0.5, 0.6) is 5.75 Å². The van der Waals surface area contributed by atoms with Gasteiger partial charge in [-0.2, -0.15) is 5.26 Å². The maximum atomic E-state index is 12.4. The molecule has 5 nitrogen and oxygen atoms in total. The van der Waals surface area contributed by atoms with Crippen molar-refractivity contribution in [2.24, 2.45) is 5.92 Å². The molecule has 1 amide bonds. The Morgan fingerprint density at radius 2 is 1.88 bits per heavy atom. The molecule has 1 aromatic carbocycles. The summed E-state index contributed by atoms with van der Waals surface area (Å²) in [6.45, 7) is 11.2. The highest BCUT2D eigenvalue weighted by Crippen LogP contribution is 2.20. The van der Waals surface area contributed by atoms with Gasteiger partial charge in [0.05, 0.1) is 6.07 Å². The molecule has 0 aromatic heterocycles. The van der Waals surface area contributed by atoms with Crippen molar-refractivity contribution in [3.63, 3.8) is 0 Å². The molecule has 1 aliphatic heterocycles. The first kappa shape index (κ1) is 19.3. The first-order valence-corrected chi connectivity index (χ1v) is 9.06. The predicted molar refractivity (Wildman–Crippen MR) is 98.4 cm³/mol. The van der Waals surface area contributed by atoms with Gasteiger partial charge in [0.15, 0.2) is 6.61 Å². The summed E-state index contributed by atoms with van der Waals surface area (Å²) in [5, 5.41) is 9.30. The summed E-state index contributed by atoms with van der Waals surface area (Å²) in [4.78, 5) is 16.4. The van der Waals surface area contributed by atoms with Crippen molar-refractivity contribution in [2.75, 3.05) is 32.8 Å². The molecule has 1 fully saturated rings. The van der Waals surface area contributed by atoms with E-state index in [1.165, 1.54) is 5.56 Å². The van der Waals surface area contributed by atoms with Gasteiger partial charge >= 0.3 is 0 Å². The third kappa shape index (κ3) is 5.20. The summed E-state index contributed by atoms with van der Waals surface area (Å²) < 4.78 is 5.69. The van der Waals surface area contributed by atoms with Gasteiger partial charge in [-0.05, 0) is 29.5 Å². The highest BCUT2D eigenvalue weighted by Gasteiger charge is 2.27. The third-order valence-corrected chi connectivity index (χ3v) is 4.71. The average molecular weight is 343 g/mol. The number of benzene rings is 1. The number of rotatable bonds is 6. The normalized spacial score (nSPS) is 16.8. The molecule has 136 valence electrons. The van der Waals surface area contributed by atoms with Crippen LogP contribution >= 0.6 is 0 Å². The van der Waals surface area contributed by atoms with Crippen LogP contribution in [0.1, 0.15) is 39.2 Å². The van der Waals surface area contributed by atoms with E-state index in [0.717, 1.165) is 18.8 Å². The molecule has 1 heterocycles. The Bertz CT molecular complexity index is 614. The molecule has 0 N–H and O–H groups in total. The Labute approximate surface area is 151 Å². The van der Waals surface area contributed by atoms with Gasteiger partial charge in [0, 0.05) is 26.2 Å². The first-order chi connectivity index (χ1) is 11.9. The fourth-order valence-corrected chi connectivity index (χ4v) is 3.10. The molecule has 0 radical (unpaired) electrons. The zero-order valence-electron chi connectivity index (χ0n) is 15.7. The highest BCUT2D eigenvalue weighted by molar-refractivity contribution is 5.77. The second kappa shape index (κ2) is 8.87. The van der Waals surface area contributed by atoms with E-state index in [4.69, 9.17) is 4.74 Å². The van der Waals surface area contributed by atoms with Crippen LogP contribution in [0.25, 0.3) is 0 Å².